The quantitative estimate of drug-likeness (QED) is 0.313. The van der Waals surface area contributed by atoms with Crippen molar-refractivity contribution in [1.29, 1.82) is 0 Å². The first-order valence-electron chi connectivity index (χ1n) is 6.07. The molecule has 0 heterocycles. The number of hydrogen-bond donors (Lipinski definition) is 3. The van der Waals surface area contributed by atoms with Crippen molar-refractivity contribution in [3.63, 3.8) is 0 Å². The zero-order valence-electron chi connectivity index (χ0n) is 9.84. The smallest absolute Gasteiger partial charge is 0.147 e. The molecule has 92 valence electrons. The minimum absolute atomic E-state index is 0.0539. The summed E-state index contributed by atoms with van der Waals surface area (Å²) < 4.78 is 0. The molecule has 1 aliphatic rings. The number of oxime groups is 1. The van der Waals surface area contributed by atoms with Crippen molar-refractivity contribution in [2.75, 3.05) is 6.54 Å². The second-order valence-electron chi connectivity index (χ2n) is 4.52. The van der Waals surface area contributed by atoms with E-state index in [2.05, 4.69) is 10.5 Å². The predicted octanol–water partition coefficient (Wildman–Crippen LogP) is 1.66. The maximum absolute atomic E-state index is 8.84. The van der Waals surface area contributed by atoms with E-state index in [0.717, 1.165) is 12.1 Å². The number of nitrogens with one attached hydrogen (secondary N) is 1. The van der Waals surface area contributed by atoms with Gasteiger partial charge in [-0.05, 0) is 18.4 Å². The Morgan fingerprint density at radius 3 is 2.65 bits per heavy atom. The van der Waals surface area contributed by atoms with Crippen molar-refractivity contribution in [3.8, 4) is 0 Å². The summed E-state index contributed by atoms with van der Waals surface area (Å²) in [5.41, 5.74) is 6.83. The van der Waals surface area contributed by atoms with Crippen molar-refractivity contribution in [2.45, 2.75) is 31.2 Å². The van der Waals surface area contributed by atoms with Crippen molar-refractivity contribution in [1.82, 2.24) is 5.32 Å². The molecular formula is C13H19N3O. The van der Waals surface area contributed by atoms with Crippen LogP contribution in [0.15, 0.2) is 35.5 Å². The number of hydrogen-bond acceptors (Lipinski definition) is 3. The number of nitrogens with zero attached hydrogens (tertiary/aromatic N) is 1. The second kappa shape index (κ2) is 5.68. The lowest BCUT2D eigenvalue weighted by Gasteiger charge is -2.28. The van der Waals surface area contributed by atoms with Crippen LogP contribution in [0, 0.1) is 0 Å². The van der Waals surface area contributed by atoms with Crippen LogP contribution in [0.3, 0.4) is 0 Å². The Balaban J connectivity index is 2.02. The van der Waals surface area contributed by atoms with Gasteiger partial charge in [0, 0.05) is 12.6 Å². The lowest BCUT2D eigenvalue weighted by Crippen LogP contribution is -2.40. The number of rotatable bonds is 5. The van der Waals surface area contributed by atoms with Gasteiger partial charge in [-0.1, -0.05) is 41.9 Å². The van der Waals surface area contributed by atoms with E-state index in [1.807, 2.05) is 30.3 Å². The van der Waals surface area contributed by atoms with Gasteiger partial charge in [0.15, 0.2) is 0 Å². The fourth-order valence-electron chi connectivity index (χ4n) is 2.05. The van der Waals surface area contributed by atoms with Gasteiger partial charge < -0.3 is 16.3 Å². The highest BCUT2D eigenvalue weighted by atomic mass is 16.4. The van der Waals surface area contributed by atoms with Crippen LogP contribution in [-0.4, -0.2) is 23.6 Å². The van der Waals surface area contributed by atoms with E-state index in [9.17, 15) is 0 Å². The summed E-state index contributed by atoms with van der Waals surface area (Å²) in [5, 5.41) is 15.4. The van der Waals surface area contributed by atoms with Crippen LogP contribution < -0.4 is 11.1 Å². The van der Waals surface area contributed by atoms with Gasteiger partial charge in [0.2, 0.25) is 0 Å². The Morgan fingerprint density at radius 1 is 1.41 bits per heavy atom. The summed E-state index contributed by atoms with van der Waals surface area (Å²) in [6, 6.07) is 10.5. The summed E-state index contributed by atoms with van der Waals surface area (Å²) in [7, 11) is 0. The summed E-state index contributed by atoms with van der Waals surface area (Å²) in [6.45, 7) is 0.727. The van der Waals surface area contributed by atoms with Crippen LogP contribution in [0.2, 0.25) is 0 Å². The molecule has 1 aromatic carbocycles. The minimum Gasteiger partial charge on any atom is -0.409 e. The average Bonchev–Trinajstić information content (AvgIpc) is 2.32. The van der Waals surface area contributed by atoms with E-state index in [-0.39, 0.29) is 11.8 Å². The molecule has 0 spiro atoms. The normalized spacial score (nSPS) is 18.7. The Hall–Kier alpha value is -1.55. The molecule has 1 atom stereocenters. The first kappa shape index (κ1) is 11.9. The molecule has 0 amide bonds. The fraction of sp³-hybridized carbons (Fsp3) is 0.462. The van der Waals surface area contributed by atoms with Gasteiger partial charge in [-0.15, -0.1) is 0 Å². The molecule has 0 saturated heterocycles. The molecule has 0 aromatic heterocycles. The largest absolute Gasteiger partial charge is 0.409 e. The molecule has 4 N–H and O–H groups in total. The van der Waals surface area contributed by atoms with E-state index in [1.54, 1.807) is 0 Å². The van der Waals surface area contributed by atoms with Gasteiger partial charge in [0.05, 0.1) is 5.92 Å². The van der Waals surface area contributed by atoms with Crippen LogP contribution in [-0.2, 0) is 0 Å². The van der Waals surface area contributed by atoms with Gasteiger partial charge in [-0.2, -0.15) is 0 Å². The van der Waals surface area contributed by atoms with Gasteiger partial charge in [-0.25, -0.2) is 0 Å². The first-order chi connectivity index (χ1) is 8.31. The minimum atomic E-state index is -0.0539. The molecular weight excluding hydrogens is 214 g/mol. The Labute approximate surface area is 102 Å². The van der Waals surface area contributed by atoms with E-state index in [0.29, 0.717) is 6.04 Å². The van der Waals surface area contributed by atoms with Crippen LogP contribution in [0.5, 0.6) is 0 Å². The molecule has 0 radical (unpaired) electrons. The summed E-state index contributed by atoms with van der Waals surface area (Å²) in [4.78, 5) is 0. The van der Waals surface area contributed by atoms with E-state index in [4.69, 9.17) is 10.9 Å². The third-order valence-corrected chi connectivity index (χ3v) is 3.39. The average molecular weight is 233 g/mol. The highest BCUT2D eigenvalue weighted by molar-refractivity contribution is 5.87. The summed E-state index contributed by atoms with van der Waals surface area (Å²) in [5.74, 6) is 0.213. The third-order valence-electron chi connectivity index (χ3n) is 3.39. The standard InChI is InChI=1S/C13H19N3O/c14-13(16-17)12(9-15-11-7-4-8-11)10-5-2-1-3-6-10/h1-3,5-6,11-12,15,17H,4,7-9H2,(H2,14,16). The summed E-state index contributed by atoms with van der Waals surface area (Å²) >= 11 is 0. The van der Waals surface area contributed by atoms with Gasteiger partial charge in [0.1, 0.15) is 5.84 Å². The lowest BCUT2D eigenvalue weighted by molar-refractivity contribution is 0.312. The third kappa shape index (κ3) is 2.97. The topological polar surface area (TPSA) is 70.6 Å². The van der Waals surface area contributed by atoms with E-state index >= 15 is 0 Å². The van der Waals surface area contributed by atoms with Gasteiger partial charge >= 0.3 is 0 Å². The molecule has 1 aromatic rings. The molecule has 1 fully saturated rings. The number of amidine groups is 1. The Kier molecular flexibility index (Phi) is 3.98. The van der Waals surface area contributed by atoms with Crippen LogP contribution >= 0.6 is 0 Å². The van der Waals surface area contributed by atoms with Gasteiger partial charge in [0.25, 0.3) is 0 Å². The SMILES string of the molecule is NC(=NO)C(CNC1CCC1)c1ccccc1. The van der Waals surface area contributed by atoms with Crippen molar-refractivity contribution < 1.29 is 5.21 Å². The van der Waals surface area contributed by atoms with E-state index in [1.165, 1.54) is 19.3 Å². The van der Waals surface area contributed by atoms with Crippen LogP contribution in [0.1, 0.15) is 30.7 Å². The van der Waals surface area contributed by atoms with Gasteiger partial charge in [-0.3, -0.25) is 0 Å². The fourth-order valence-corrected chi connectivity index (χ4v) is 2.05. The molecule has 4 nitrogen and oxygen atoms in total. The van der Waals surface area contributed by atoms with Crippen LogP contribution in [0.4, 0.5) is 0 Å². The Bertz CT molecular complexity index is 374. The van der Waals surface area contributed by atoms with Crippen molar-refractivity contribution in [2.24, 2.45) is 10.9 Å². The zero-order valence-corrected chi connectivity index (χ0v) is 9.84. The lowest BCUT2D eigenvalue weighted by atomic mass is 9.91. The van der Waals surface area contributed by atoms with Crippen molar-refractivity contribution in [3.05, 3.63) is 35.9 Å². The number of nitrogens with two attached hydrogens (primary N) is 1. The molecule has 2 rings (SSSR count). The number of benzene rings is 1. The second-order valence-corrected chi connectivity index (χ2v) is 4.52. The van der Waals surface area contributed by atoms with E-state index < -0.39 is 0 Å². The Morgan fingerprint density at radius 2 is 2.12 bits per heavy atom. The maximum atomic E-state index is 8.84. The molecule has 1 saturated carbocycles. The molecule has 1 aliphatic carbocycles. The van der Waals surface area contributed by atoms with Crippen LogP contribution in [0.25, 0.3) is 0 Å². The molecule has 0 bridgehead atoms. The maximum Gasteiger partial charge on any atom is 0.147 e. The molecule has 0 aliphatic heterocycles. The monoisotopic (exact) mass is 233 g/mol. The molecule has 17 heavy (non-hydrogen) atoms. The highest BCUT2D eigenvalue weighted by Crippen LogP contribution is 2.20. The zero-order chi connectivity index (χ0) is 12.1. The van der Waals surface area contributed by atoms with Crippen molar-refractivity contribution >= 4 is 5.84 Å². The molecule has 1 unspecified atom stereocenters. The summed E-state index contributed by atoms with van der Waals surface area (Å²) in [6.07, 6.45) is 3.77. The predicted molar refractivity (Wildman–Crippen MR) is 68.2 cm³/mol. The first-order valence-corrected chi connectivity index (χ1v) is 6.07. The molecule has 4 heteroatoms. The highest BCUT2D eigenvalue weighted by Gasteiger charge is 2.21.